The fraction of sp³-hybridized carbons (Fsp3) is 0.188. The number of nitriles is 1. The predicted molar refractivity (Wildman–Crippen MR) is 81.4 cm³/mol. The molecule has 2 heterocycles. The highest BCUT2D eigenvalue weighted by atomic mass is 35.5. The van der Waals surface area contributed by atoms with Gasteiger partial charge in [0.15, 0.2) is 5.65 Å². The summed E-state index contributed by atoms with van der Waals surface area (Å²) in [4.78, 5) is 4.42. The van der Waals surface area contributed by atoms with Crippen LogP contribution in [0.3, 0.4) is 0 Å². The molecule has 110 valence electrons. The molecule has 22 heavy (non-hydrogen) atoms. The fourth-order valence-corrected chi connectivity index (χ4v) is 2.74. The number of nitrogens with zero attached hydrogens (tertiary/aromatic N) is 4. The molecule has 2 aromatic heterocycles. The van der Waals surface area contributed by atoms with Crippen LogP contribution in [0.2, 0.25) is 5.15 Å². The summed E-state index contributed by atoms with van der Waals surface area (Å²) in [5, 5.41) is 13.8. The monoisotopic (exact) mass is 314 g/mol. The summed E-state index contributed by atoms with van der Waals surface area (Å²) in [5.74, 6) is -0.285. The van der Waals surface area contributed by atoms with Crippen molar-refractivity contribution in [1.29, 1.82) is 5.26 Å². The van der Waals surface area contributed by atoms with Gasteiger partial charge in [0.1, 0.15) is 22.6 Å². The molecule has 0 saturated heterocycles. The van der Waals surface area contributed by atoms with E-state index >= 15 is 0 Å². The van der Waals surface area contributed by atoms with Gasteiger partial charge in [0.2, 0.25) is 0 Å². The molecule has 0 atom stereocenters. The Morgan fingerprint density at radius 2 is 2.00 bits per heavy atom. The summed E-state index contributed by atoms with van der Waals surface area (Å²) >= 11 is 6.42. The topological polar surface area (TPSA) is 54.0 Å². The van der Waals surface area contributed by atoms with Crippen molar-refractivity contribution in [3.63, 3.8) is 0 Å². The molecule has 0 aliphatic rings. The Hall–Kier alpha value is -2.45. The minimum atomic E-state index is -0.285. The van der Waals surface area contributed by atoms with E-state index in [0.29, 0.717) is 45.3 Å². The van der Waals surface area contributed by atoms with Gasteiger partial charge in [0, 0.05) is 17.7 Å². The summed E-state index contributed by atoms with van der Waals surface area (Å²) < 4.78 is 15.3. The highest BCUT2D eigenvalue weighted by Crippen LogP contribution is 2.26. The average molecular weight is 315 g/mol. The van der Waals surface area contributed by atoms with Gasteiger partial charge in [-0.3, -0.25) is 0 Å². The number of hydrogen-bond donors (Lipinski definition) is 0. The molecule has 0 unspecified atom stereocenters. The van der Waals surface area contributed by atoms with Crippen LogP contribution in [0.4, 0.5) is 4.39 Å². The third-order valence-electron chi connectivity index (χ3n) is 3.62. The van der Waals surface area contributed by atoms with Gasteiger partial charge < -0.3 is 0 Å². The third kappa shape index (κ3) is 2.22. The molecule has 0 saturated carbocycles. The van der Waals surface area contributed by atoms with Crippen LogP contribution in [-0.4, -0.2) is 14.6 Å². The lowest BCUT2D eigenvalue weighted by Gasteiger charge is -2.10. The SMILES string of the molecule is Cc1nc2c(C#N)c(C)nn2c(Cl)c1Cc1ccccc1F. The average Bonchev–Trinajstić information content (AvgIpc) is 2.81. The molecule has 6 heteroatoms. The molecule has 0 N–H and O–H groups in total. The largest absolute Gasteiger partial charge is 0.232 e. The summed E-state index contributed by atoms with van der Waals surface area (Å²) in [6.45, 7) is 3.53. The van der Waals surface area contributed by atoms with Crippen molar-refractivity contribution in [3.05, 3.63) is 63.3 Å². The molecule has 0 fully saturated rings. The Labute approximate surface area is 131 Å². The summed E-state index contributed by atoms with van der Waals surface area (Å²) in [6.07, 6.45) is 0.321. The van der Waals surface area contributed by atoms with Gasteiger partial charge in [-0.15, -0.1) is 0 Å². The highest BCUT2D eigenvalue weighted by Gasteiger charge is 2.18. The fourth-order valence-electron chi connectivity index (χ4n) is 2.42. The smallest absolute Gasteiger partial charge is 0.175 e. The number of halogens is 2. The Balaban J connectivity index is 2.20. The van der Waals surface area contributed by atoms with Crippen LogP contribution < -0.4 is 0 Å². The molecule has 0 aliphatic heterocycles. The number of benzene rings is 1. The van der Waals surface area contributed by atoms with Crippen molar-refractivity contribution in [3.8, 4) is 6.07 Å². The molecule has 0 amide bonds. The summed E-state index contributed by atoms with van der Waals surface area (Å²) in [6, 6.07) is 8.63. The van der Waals surface area contributed by atoms with Gasteiger partial charge in [-0.1, -0.05) is 29.8 Å². The highest BCUT2D eigenvalue weighted by molar-refractivity contribution is 6.30. The van der Waals surface area contributed by atoms with Crippen LogP contribution in [0.1, 0.15) is 28.1 Å². The Morgan fingerprint density at radius 3 is 2.68 bits per heavy atom. The first-order chi connectivity index (χ1) is 10.5. The second kappa shape index (κ2) is 5.39. The van der Waals surface area contributed by atoms with Crippen LogP contribution in [0.5, 0.6) is 0 Å². The van der Waals surface area contributed by atoms with Gasteiger partial charge in [-0.05, 0) is 25.5 Å². The van der Waals surface area contributed by atoms with E-state index in [0.717, 1.165) is 0 Å². The van der Waals surface area contributed by atoms with Crippen LogP contribution in [0.15, 0.2) is 24.3 Å². The van der Waals surface area contributed by atoms with E-state index in [2.05, 4.69) is 16.2 Å². The maximum atomic E-state index is 13.8. The Bertz CT molecular complexity index is 924. The van der Waals surface area contributed by atoms with Crippen molar-refractivity contribution < 1.29 is 4.39 Å². The lowest BCUT2D eigenvalue weighted by molar-refractivity contribution is 0.613. The minimum Gasteiger partial charge on any atom is -0.232 e. The molecular formula is C16H12ClFN4. The zero-order valence-electron chi connectivity index (χ0n) is 12.1. The maximum absolute atomic E-state index is 13.8. The van der Waals surface area contributed by atoms with E-state index in [1.807, 2.05) is 0 Å². The van der Waals surface area contributed by atoms with E-state index in [-0.39, 0.29) is 5.82 Å². The van der Waals surface area contributed by atoms with Crippen LogP contribution >= 0.6 is 11.6 Å². The van der Waals surface area contributed by atoms with Crippen LogP contribution in [0.25, 0.3) is 5.65 Å². The van der Waals surface area contributed by atoms with Crippen LogP contribution in [-0.2, 0) is 6.42 Å². The molecule has 0 aliphatic carbocycles. The second-order valence-corrected chi connectivity index (χ2v) is 5.40. The first-order valence-corrected chi connectivity index (χ1v) is 7.08. The lowest BCUT2D eigenvalue weighted by atomic mass is 10.0. The normalized spacial score (nSPS) is 10.9. The molecule has 3 rings (SSSR count). The number of hydrogen-bond acceptors (Lipinski definition) is 3. The van der Waals surface area contributed by atoms with Gasteiger partial charge in [0.25, 0.3) is 0 Å². The molecule has 4 nitrogen and oxygen atoms in total. The van der Waals surface area contributed by atoms with E-state index in [1.165, 1.54) is 10.6 Å². The summed E-state index contributed by atoms with van der Waals surface area (Å²) in [7, 11) is 0. The van der Waals surface area contributed by atoms with E-state index < -0.39 is 0 Å². The summed E-state index contributed by atoms with van der Waals surface area (Å²) in [5.41, 5.74) is 3.31. The first-order valence-electron chi connectivity index (χ1n) is 6.70. The maximum Gasteiger partial charge on any atom is 0.175 e. The first kappa shape index (κ1) is 14.5. The van der Waals surface area contributed by atoms with Crippen molar-refractivity contribution in [1.82, 2.24) is 14.6 Å². The number of fused-ring (bicyclic) bond motifs is 1. The predicted octanol–water partition coefficient (Wildman–Crippen LogP) is 3.60. The van der Waals surface area contributed by atoms with Gasteiger partial charge in [-0.2, -0.15) is 10.4 Å². The van der Waals surface area contributed by atoms with Gasteiger partial charge >= 0.3 is 0 Å². The molecule has 0 spiro atoms. The molecule has 0 radical (unpaired) electrons. The van der Waals surface area contributed by atoms with Crippen molar-refractivity contribution >= 4 is 17.2 Å². The Morgan fingerprint density at radius 1 is 1.27 bits per heavy atom. The molecular weight excluding hydrogens is 303 g/mol. The van der Waals surface area contributed by atoms with Crippen LogP contribution in [0, 0.1) is 31.0 Å². The van der Waals surface area contributed by atoms with E-state index in [4.69, 9.17) is 11.6 Å². The second-order valence-electron chi connectivity index (χ2n) is 5.04. The van der Waals surface area contributed by atoms with E-state index in [1.54, 1.807) is 32.0 Å². The lowest BCUT2D eigenvalue weighted by Crippen LogP contribution is -2.04. The van der Waals surface area contributed by atoms with Gasteiger partial charge in [0.05, 0.1) is 5.69 Å². The molecule has 0 bridgehead atoms. The Kier molecular flexibility index (Phi) is 3.55. The number of aromatic nitrogens is 3. The van der Waals surface area contributed by atoms with Gasteiger partial charge in [-0.25, -0.2) is 13.9 Å². The standard InChI is InChI=1S/C16H12ClFN4/c1-9-12(7-11-5-3-4-6-14(11)18)15(17)22-16(20-9)13(8-19)10(2)21-22/h3-6H,7H2,1-2H3. The minimum absolute atomic E-state index is 0.285. The number of rotatable bonds is 2. The van der Waals surface area contributed by atoms with Crippen molar-refractivity contribution in [2.45, 2.75) is 20.3 Å². The zero-order chi connectivity index (χ0) is 15.9. The third-order valence-corrected chi connectivity index (χ3v) is 4.01. The zero-order valence-corrected chi connectivity index (χ0v) is 12.8. The van der Waals surface area contributed by atoms with Crippen molar-refractivity contribution in [2.24, 2.45) is 0 Å². The number of aryl methyl sites for hydroxylation is 2. The quantitative estimate of drug-likeness (QED) is 0.679. The molecule has 1 aromatic carbocycles. The molecule has 3 aromatic rings. The van der Waals surface area contributed by atoms with Crippen molar-refractivity contribution in [2.75, 3.05) is 0 Å². The van der Waals surface area contributed by atoms with E-state index in [9.17, 15) is 9.65 Å².